The molecule has 55 heavy (non-hydrogen) atoms. The van der Waals surface area contributed by atoms with Gasteiger partial charge in [-0.2, -0.15) is 0 Å². The summed E-state index contributed by atoms with van der Waals surface area (Å²) in [5.74, 6) is -1.08. The molecule has 288 valence electrons. The van der Waals surface area contributed by atoms with Crippen LogP contribution in [0.3, 0.4) is 0 Å². The van der Waals surface area contributed by atoms with Gasteiger partial charge in [0, 0.05) is 80.7 Å². The van der Waals surface area contributed by atoms with E-state index in [0.717, 1.165) is 18.9 Å². The molecule has 1 atom stereocenters. The summed E-state index contributed by atoms with van der Waals surface area (Å²) in [5.41, 5.74) is 4.53. The van der Waals surface area contributed by atoms with Gasteiger partial charge in [-0.3, -0.25) is 24.2 Å². The highest BCUT2D eigenvalue weighted by atomic mass is 19.1. The fourth-order valence-corrected chi connectivity index (χ4v) is 8.50. The van der Waals surface area contributed by atoms with E-state index in [0.29, 0.717) is 80.3 Å². The van der Waals surface area contributed by atoms with E-state index in [2.05, 4.69) is 50.5 Å². The maximum Gasteiger partial charge on any atom is 0.293 e. The van der Waals surface area contributed by atoms with Crippen molar-refractivity contribution in [3.8, 4) is 11.3 Å². The Labute approximate surface area is 318 Å². The molecule has 14 nitrogen and oxygen atoms in total. The number of nitrogens with zero attached hydrogens (tertiary/aromatic N) is 7. The molecule has 3 N–H and O–H groups in total. The van der Waals surface area contributed by atoms with E-state index in [1.54, 1.807) is 30.3 Å². The first-order chi connectivity index (χ1) is 26.3. The Balaban J connectivity index is 1.10. The van der Waals surface area contributed by atoms with Crippen molar-refractivity contribution in [3.05, 3.63) is 88.0 Å². The first-order valence-corrected chi connectivity index (χ1v) is 18.7. The number of nitrogens with one attached hydrogen (secondary N) is 2. The van der Waals surface area contributed by atoms with E-state index in [1.165, 1.54) is 28.1 Å². The zero-order valence-corrected chi connectivity index (χ0v) is 31.6. The van der Waals surface area contributed by atoms with Crippen molar-refractivity contribution >= 4 is 40.5 Å². The molecule has 0 spiro atoms. The quantitative estimate of drug-likeness (QED) is 0.216. The molecule has 4 aliphatic rings. The highest BCUT2D eigenvalue weighted by molar-refractivity contribution is 6.06. The van der Waals surface area contributed by atoms with Gasteiger partial charge < -0.3 is 34.5 Å². The van der Waals surface area contributed by atoms with E-state index in [-0.39, 0.29) is 40.2 Å². The van der Waals surface area contributed by atoms with Gasteiger partial charge in [0.15, 0.2) is 11.6 Å². The van der Waals surface area contributed by atoms with Crippen molar-refractivity contribution < 1.29 is 23.8 Å². The van der Waals surface area contributed by atoms with Crippen LogP contribution in [-0.4, -0.2) is 92.4 Å². The molecule has 2 amide bonds. The van der Waals surface area contributed by atoms with E-state index >= 15 is 4.39 Å². The third kappa shape index (κ3) is 6.59. The lowest BCUT2D eigenvalue weighted by Crippen LogP contribution is -2.59. The second-order valence-electron chi connectivity index (χ2n) is 15.7. The summed E-state index contributed by atoms with van der Waals surface area (Å²) in [7, 11) is 1.57. The topological polar surface area (TPSA) is 150 Å². The van der Waals surface area contributed by atoms with Crippen LogP contribution >= 0.6 is 0 Å². The average molecular weight is 752 g/mol. The Bertz CT molecular complexity index is 2280. The lowest BCUT2D eigenvalue weighted by Gasteiger charge is -2.46. The maximum atomic E-state index is 16.2. The lowest BCUT2D eigenvalue weighted by molar-refractivity contribution is -0.111. The summed E-state index contributed by atoms with van der Waals surface area (Å²) in [6.07, 6.45) is 6.03. The van der Waals surface area contributed by atoms with Crippen LogP contribution in [0.15, 0.2) is 54.1 Å². The molecule has 3 aliphatic heterocycles. The number of halogens is 1. The first-order valence-electron chi connectivity index (χ1n) is 18.7. The van der Waals surface area contributed by atoms with Crippen molar-refractivity contribution in [1.82, 2.24) is 24.0 Å². The number of carbonyl (C=O) groups excluding carboxylic acids is 2. The second-order valence-corrected chi connectivity index (χ2v) is 15.7. The Morgan fingerprint density at radius 1 is 1.15 bits per heavy atom. The van der Waals surface area contributed by atoms with E-state index in [4.69, 9.17) is 4.74 Å². The van der Waals surface area contributed by atoms with Gasteiger partial charge in [0.2, 0.25) is 5.91 Å². The summed E-state index contributed by atoms with van der Waals surface area (Å²) >= 11 is 0. The number of aryl methyl sites for hydroxylation is 1. The number of aliphatic hydroxyl groups is 1. The summed E-state index contributed by atoms with van der Waals surface area (Å²) in [6.45, 7) is 13.9. The van der Waals surface area contributed by atoms with Gasteiger partial charge >= 0.3 is 0 Å². The molecule has 0 unspecified atom stereocenters. The van der Waals surface area contributed by atoms with Crippen LogP contribution in [0, 0.1) is 11.2 Å². The summed E-state index contributed by atoms with van der Waals surface area (Å²) in [4.78, 5) is 55.1. The third-order valence-corrected chi connectivity index (χ3v) is 11.3. The van der Waals surface area contributed by atoms with Crippen molar-refractivity contribution in [2.45, 2.75) is 58.8 Å². The highest BCUT2D eigenvalue weighted by Crippen LogP contribution is 2.41. The number of anilines is 5. The minimum Gasteiger partial charge on any atom is -0.392 e. The van der Waals surface area contributed by atoms with Gasteiger partial charge in [-0.05, 0) is 61.1 Å². The molecule has 0 radical (unpaired) electrons. The molecule has 15 heteroatoms. The molecule has 2 saturated heterocycles. The Kier molecular flexibility index (Phi) is 9.34. The lowest BCUT2D eigenvalue weighted by atomic mass is 9.90. The number of aromatic nitrogens is 4. The zero-order valence-electron chi connectivity index (χ0n) is 31.6. The number of amides is 2. The maximum absolute atomic E-state index is 16.2. The number of piperazine rings is 1. The second kappa shape index (κ2) is 14.0. The number of pyridine rings is 1. The Morgan fingerprint density at radius 3 is 2.65 bits per heavy atom. The fourth-order valence-electron chi connectivity index (χ4n) is 8.50. The van der Waals surface area contributed by atoms with Crippen LogP contribution in [0.25, 0.3) is 11.3 Å². The van der Waals surface area contributed by atoms with E-state index in [1.807, 2.05) is 17.9 Å². The molecular formula is C40H46FN9O5. The van der Waals surface area contributed by atoms with Gasteiger partial charge in [0.05, 0.1) is 42.9 Å². The summed E-state index contributed by atoms with van der Waals surface area (Å²) in [5, 5.41) is 16.5. The molecular weight excluding hydrogens is 705 g/mol. The van der Waals surface area contributed by atoms with Crippen LogP contribution < -0.4 is 26.0 Å². The van der Waals surface area contributed by atoms with Crippen molar-refractivity contribution in [3.63, 3.8) is 0 Å². The molecule has 1 aliphatic carbocycles. The third-order valence-electron chi connectivity index (χ3n) is 11.3. The Hall–Kier alpha value is -5.38. The molecule has 0 saturated carbocycles. The van der Waals surface area contributed by atoms with Gasteiger partial charge in [-0.1, -0.05) is 20.4 Å². The number of fused-ring (bicyclic) bond motifs is 3. The molecule has 1 aromatic carbocycles. The molecule has 6 heterocycles. The largest absolute Gasteiger partial charge is 0.392 e. The average Bonchev–Trinajstić information content (AvgIpc) is 3.61. The minimum absolute atomic E-state index is 0.0578. The number of hydrogen-bond acceptors (Lipinski definition) is 10. The molecule has 4 aromatic rings. The van der Waals surface area contributed by atoms with Crippen LogP contribution in [0.2, 0.25) is 0 Å². The van der Waals surface area contributed by atoms with E-state index in [9.17, 15) is 19.5 Å². The molecule has 8 rings (SSSR count). The number of benzene rings is 1. The molecule has 3 aromatic heterocycles. The number of ether oxygens (including phenoxy) is 1. The van der Waals surface area contributed by atoms with Crippen molar-refractivity contribution in [2.24, 2.45) is 12.5 Å². The highest BCUT2D eigenvalue weighted by Gasteiger charge is 2.38. The summed E-state index contributed by atoms with van der Waals surface area (Å²) < 4.78 is 25.1. The van der Waals surface area contributed by atoms with E-state index < -0.39 is 23.9 Å². The zero-order chi connectivity index (χ0) is 38.8. The number of rotatable bonds is 9. The number of aliphatic hydroxyl groups excluding tert-OH is 1. The molecule has 0 bridgehead atoms. The van der Waals surface area contributed by atoms with Crippen LogP contribution in [0.1, 0.15) is 48.1 Å². The van der Waals surface area contributed by atoms with Crippen molar-refractivity contribution in [2.75, 3.05) is 59.8 Å². The Morgan fingerprint density at radius 2 is 1.95 bits per heavy atom. The smallest absolute Gasteiger partial charge is 0.293 e. The van der Waals surface area contributed by atoms with Gasteiger partial charge in [0.25, 0.3) is 11.5 Å². The predicted octanol–water partition coefficient (Wildman–Crippen LogP) is 3.84. The van der Waals surface area contributed by atoms with Crippen LogP contribution in [-0.2, 0) is 42.6 Å². The van der Waals surface area contributed by atoms with Crippen molar-refractivity contribution in [1.29, 1.82) is 0 Å². The SMILES string of the molecule is C=CC(=O)Nc1cc(Nc2nc(-c3ccnc(N4CCn5c(cc6c5CC(C)(C)C6)C4=O)c3CO)cn(C)c2=O)cc(F)c1N1CCN(C2COC2)C[C@@H]1C. The van der Waals surface area contributed by atoms with Crippen LogP contribution in [0.4, 0.5) is 33.1 Å². The first kappa shape index (κ1) is 36.6. The van der Waals surface area contributed by atoms with Gasteiger partial charge in [-0.25, -0.2) is 14.4 Å². The fraction of sp³-hybridized carbons (Fsp3) is 0.425. The monoisotopic (exact) mass is 751 g/mol. The normalized spacial score (nSPS) is 19.5. The number of carbonyl (C=O) groups is 2. The minimum atomic E-state index is -0.586. The van der Waals surface area contributed by atoms with Crippen LogP contribution in [0.5, 0.6) is 0 Å². The number of hydrogen-bond donors (Lipinski definition) is 3. The predicted molar refractivity (Wildman–Crippen MR) is 207 cm³/mol. The molecule has 2 fully saturated rings. The standard InChI is InChI=1S/C40H46FN9O5/c1-6-34(52)44-30-15-25(14-29(41)35(30)48-10-9-47(18-23(48)2)26-21-55-22-26)43-36-39(54)46(5)19-31(45-36)27-7-8-42-37(28(27)20-51)50-12-11-49-32(38(50)53)13-24-16-40(3,4)17-33(24)49/h6-8,13-15,19,23,26,51H,1,9-12,16-18,20-22H2,2-5H3,(H,43,45)(H,44,52)/t23-/m0/s1. The van der Waals surface area contributed by atoms with Gasteiger partial charge in [-0.15, -0.1) is 0 Å². The van der Waals surface area contributed by atoms with Gasteiger partial charge in [0.1, 0.15) is 11.5 Å². The summed E-state index contributed by atoms with van der Waals surface area (Å²) in [6, 6.07) is 6.82.